The van der Waals surface area contributed by atoms with Crippen molar-refractivity contribution in [2.24, 2.45) is 0 Å². The molecule has 0 spiro atoms. The molecule has 1 aliphatic rings. The highest BCUT2D eigenvalue weighted by molar-refractivity contribution is 9.10. The molecule has 1 aromatic heterocycles. The first-order valence-corrected chi connectivity index (χ1v) is 14.5. The highest BCUT2D eigenvalue weighted by Crippen LogP contribution is 2.43. The molecule has 1 aliphatic heterocycles. The molecule has 8 nitrogen and oxygen atoms in total. The number of rotatable bonds is 9. The van der Waals surface area contributed by atoms with E-state index in [0.717, 1.165) is 32.6 Å². The Bertz CT molecular complexity index is 1390. The number of nitrogens with one attached hydrogen (secondary N) is 2. The van der Waals surface area contributed by atoms with Crippen molar-refractivity contribution in [2.45, 2.75) is 65.8 Å². The standard InChI is InChI=1S/C28H34BrN5O3S/c1-8-36-22-14-19(13-20(29)25(22)37-15(3)4)24-23(26(35)31-21-12-10-11-16(5)17(21)6)18(7)30-27-32-28(38-9-2)33-34(24)27/h10-15,24H,8-9H2,1-7H3,(H,31,35)(H,30,32,33). The fourth-order valence-electron chi connectivity index (χ4n) is 4.36. The Labute approximate surface area is 236 Å². The summed E-state index contributed by atoms with van der Waals surface area (Å²) < 4.78 is 14.6. The molecule has 0 aliphatic carbocycles. The summed E-state index contributed by atoms with van der Waals surface area (Å²) in [6.07, 6.45) is -0.0353. The van der Waals surface area contributed by atoms with Gasteiger partial charge in [0, 0.05) is 11.4 Å². The average molecular weight is 601 g/mol. The third kappa shape index (κ3) is 5.71. The van der Waals surface area contributed by atoms with Crippen LogP contribution in [0.15, 0.2) is 51.2 Å². The van der Waals surface area contributed by atoms with Gasteiger partial charge in [-0.15, -0.1) is 5.10 Å². The third-order valence-corrected chi connectivity index (χ3v) is 7.51. The van der Waals surface area contributed by atoms with Gasteiger partial charge in [0.2, 0.25) is 11.1 Å². The average Bonchev–Trinajstić information content (AvgIpc) is 3.25. The zero-order valence-electron chi connectivity index (χ0n) is 22.8. The Morgan fingerprint density at radius 3 is 2.68 bits per heavy atom. The molecule has 38 heavy (non-hydrogen) atoms. The van der Waals surface area contributed by atoms with Gasteiger partial charge in [0.1, 0.15) is 6.04 Å². The molecule has 0 saturated carbocycles. The van der Waals surface area contributed by atoms with Gasteiger partial charge in [-0.05, 0) is 98.1 Å². The van der Waals surface area contributed by atoms with E-state index in [1.54, 1.807) is 16.4 Å². The van der Waals surface area contributed by atoms with Gasteiger partial charge in [-0.2, -0.15) is 4.98 Å². The van der Waals surface area contributed by atoms with Crippen LogP contribution in [0, 0.1) is 13.8 Å². The van der Waals surface area contributed by atoms with E-state index in [4.69, 9.17) is 14.6 Å². The number of amides is 1. The number of carbonyl (C=O) groups is 1. The molecule has 2 heterocycles. The van der Waals surface area contributed by atoms with Crippen LogP contribution in [0.4, 0.5) is 11.6 Å². The van der Waals surface area contributed by atoms with E-state index >= 15 is 0 Å². The lowest BCUT2D eigenvalue weighted by molar-refractivity contribution is -0.113. The highest BCUT2D eigenvalue weighted by atomic mass is 79.9. The minimum atomic E-state index is -0.543. The van der Waals surface area contributed by atoms with Gasteiger partial charge < -0.3 is 20.1 Å². The topological polar surface area (TPSA) is 90.3 Å². The van der Waals surface area contributed by atoms with E-state index in [0.29, 0.717) is 40.5 Å². The van der Waals surface area contributed by atoms with Crippen molar-refractivity contribution in [3.63, 3.8) is 0 Å². The van der Waals surface area contributed by atoms with Gasteiger partial charge >= 0.3 is 0 Å². The number of fused-ring (bicyclic) bond motifs is 1. The summed E-state index contributed by atoms with van der Waals surface area (Å²) in [6, 6.07) is 9.24. The van der Waals surface area contributed by atoms with Gasteiger partial charge in [-0.25, -0.2) is 4.68 Å². The molecule has 1 unspecified atom stereocenters. The van der Waals surface area contributed by atoms with E-state index in [2.05, 4.69) is 38.5 Å². The number of anilines is 2. The lowest BCUT2D eigenvalue weighted by atomic mass is 9.94. The minimum Gasteiger partial charge on any atom is -0.490 e. The quantitative estimate of drug-likeness (QED) is 0.259. The van der Waals surface area contributed by atoms with Gasteiger partial charge in [0.15, 0.2) is 11.5 Å². The fraction of sp³-hybridized carbons (Fsp3) is 0.393. The molecule has 2 N–H and O–H groups in total. The number of halogens is 1. The Hall–Kier alpha value is -2.98. The van der Waals surface area contributed by atoms with E-state index in [9.17, 15) is 4.79 Å². The Morgan fingerprint density at radius 1 is 1.24 bits per heavy atom. The summed E-state index contributed by atoms with van der Waals surface area (Å²) in [4.78, 5) is 18.6. The highest BCUT2D eigenvalue weighted by Gasteiger charge is 2.35. The van der Waals surface area contributed by atoms with Crippen LogP contribution in [0.5, 0.6) is 11.5 Å². The smallest absolute Gasteiger partial charge is 0.255 e. The van der Waals surface area contributed by atoms with Crippen molar-refractivity contribution < 1.29 is 14.3 Å². The maximum Gasteiger partial charge on any atom is 0.255 e. The molecule has 202 valence electrons. The molecule has 1 atom stereocenters. The van der Waals surface area contributed by atoms with Crippen molar-refractivity contribution in [1.29, 1.82) is 0 Å². The molecule has 0 saturated heterocycles. The first-order valence-electron chi connectivity index (χ1n) is 12.7. The van der Waals surface area contributed by atoms with Gasteiger partial charge in [-0.1, -0.05) is 30.8 Å². The van der Waals surface area contributed by atoms with Crippen LogP contribution < -0.4 is 20.1 Å². The first kappa shape index (κ1) is 28.0. The number of allylic oxidation sites excluding steroid dienone is 1. The van der Waals surface area contributed by atoms with Crippen LogP contribution in [0.1, 0.15) is 57.4 Å². The molecule has 3 aromatic rings. The second-order valence-electron chi connectivity index (χ2n) is 9.29. The van der Waals surface area contributed by atoms with Crippen LogP contribution in [0.25, 0.3) is 0 Å². The second kappa shape index (κ2) is 11.8. The Morgan fingerprint density at radius 2 is 2.00 bits per heavy atom. The van der Waals surface area contributed by atoms with E-state index in [-0.39, 0.29) is 12.0 Å². The molecule has 0 radical (unpaired) electrons. The number of aryl methyl sites for hydroxylation is 1. The number of thioether (sulfide) groups is 1. The van der Waals surface area contributed by atoms with Crippen LogP contribution in [0.2, 0.25) is 0 Å². The van der Waals surface area contributed by atoms with Gasteiger partial charge in [-0.3, -0.25) is 4.79 Å². The minimum absolute atomic E-state index is 0.0353. The largest absolute Gasteiger partial charge is 0.490 e. The summed E-state index contributed by atoms with van der Waals surface area (Å²) in [5, 5.41) is 11.9. The third-order valence-electron chi connectivity index (χ3n) is 6.21. The summed E-state index contributed by atoms with van der Waals surface area (Å²) in [6.45, 7) is 14.3. The molecule has 10 heteroatoms. The summed E-state index contributed by atoms with van der Waals surface area (Å²) in [5.41, 5.74) is 4.99. The second-order valence-corrected chi connectivity index (χ2v) is 11.4. The van der Waals surface area contributed by atoms with Crippen LogP contribution >= 0.6 is 27.7 Å². The number of hydrogen-bond acceptors (Lipinski definition) is 7. The Balaban J connectivity index is 1.86. The molecule has 1 amide bonds. The zero-order valence-corrected chi connectivity index (χ0v) is 25.2. The number of carbonyl (C=O) groups excluding carboxylic acids is 1. The first-order chi connectivity index (χ1) is 18.1. The molecule has 2 aromatic carbocycles. The molecule has 0 bridgehead atoms. The monoisotopic (exact) mass is 599 g/mol. The van der Waals surface area contributed by atoms with Crippen molar-refractivity contribution in [3.8, 4) is 11.5 Å². The summed E-state index contributed by atoms with van der Waals surface area (Å²) in [7, 11) is 0. The number of hydrogen-bond donors (Lipinski definition) is 2. The zero-order chi connectivity index (χ0) is 27.6. The van der Waals surface area contributed by atoms with Gasteiger partial charge in [0.05, 0.1) is 22.8 Å². The maximum atomic E-state index is 13.9. The van der Waals surface area contributed by atoms with Gasteiger partial charge in [0.25, 0.3) is 5.91 Å². The van der Waals surface area contributed by atoms with Crippen LogP contribution in [-0.4, -0.2) is 39.1 Å². The molecule has 0 fully saturated rings. The van der Waals surface area contributed by atoms with E-state index < -0.39 is 6.04 Å². The molecular weight excluding hydrogens is 566 g/mol. The number of ether oxygens (including phenoxy) is 2. The predicted octanol–water partition coefficient (Wildman–Crippen LogP) is 6.88. The Kier molecular flexibility index (Phi) is 8.72. The van der Waals surface area contributed by atoms with Crippen molar-refractivity contribution in [1.82, 2.24) is 14.8 Å². The van der Waals surface area contributed by atoms with Crippen LogP contribution in [0.3, 0.4) is 0 Å². The molecular formula is C28H34BrN5O3S. The summed E-state index contributed by atoms with van der Waals surface area (Å²) in [5.74, 6) is 2.44. The lowest BCUT2D eigenvalue weighted by Gasteiger charge is -2.29. The van der Waals surface area contributed by atoms with E-state index in [1.807, 2.05) is 71.9 Å². The number of benzene rings is 2. The van der Waals surface area contributed by atoms with Crippen molar-refractivity contribution >= 4 is 45.2 Å². The molecule has 4 rings (SSSR count). The van der Waals surface area contributed by atoms with Crippen molar-refractivity contribution in [2.75, 3.05) is 23.0 Å². The van der Waals surface area contributed by atoms with Crippen molar-refractivity contribution in [3.05, 3.63) is 62.8 Å². The lowest BCUT2D eigenvalue weighted by Crippen LogP contribution is -2.31. The normalized spacial score (nSPS) is 14.8. The predicted molar refractivity (Wildman–Crippen MR) is 157 cm³/mol. The van der Waals surface area contributed by atoms with E-state index in [1.165, 1.54) is 0 Å². The number of nitrogens with zero attached hydrogens (tertiary/aromatic N) is 3. The van der Waals surface area contributed by atoms with Crippen LogP contribution in [-0.2, 0) is 4.79 Å². The summed E-state index contributed by atoms with van der Waals surface area (Å²) >= 11 is 5.24. The fourth-order valence-corrected chi connectivity index (χ4v) is 5.47. The number of aromatic nitrogens is 3. The SMILES string of the molecule is CCOc1cc(C2C(C(=O)Nc3cccc(C)c3C)=C(C)Nc3nc(SCC)nn32)cc(Br)c1OC(C)C. The maximum absolute atomic E-state index is 13.9.